The zero-order valence-corrected chi connectivity index (χ0v) is 65.5. The van der Waals surface area contributed by atoms with Gasteiger partial charge in [-0.2, -0.15) is 0 Å². The number of aromatic nitrogens is 12. The van der Waals surface area contributed by atoms with Crippen LogP contribution in [0.4, 0.5) is 34.1 Å². The third-order valence-corrected chi connectivity index (χ3v) is 20.2. The summed E-state index contributed by atoms with van der Waals surface area (Å²) in [5, 5.41) is -2.50. The summed E-state index contributed by atoms with van der Waals surface area (Å²) in [5.74, 6) is -12.0. The van der Waals surface area contributed by atoms with Gasteiger partial charge in [0.1, 0.15) is 69.6 Å². The monoisotopic (exact) mass is 1750 g/mol. The highest BCUT2D eigenvalue weighted by Gasteiger charge is 2.38. The van der Waals surface area contributed by atoms with Gasteiger partial charge in [0, 0.05) is 100.0 Å². The number of hydrogen-bond donors (Lipinski definition) is 6. The highest BCUT2D eigenvalue weighted by molar-refractivity contribution is 6.08. The lowest BCUT2D eigenvalue weighted by Gasteiger charge is -2.24. The van der Waals surface area contributed by atoms with E-state index in [1.54, 1.807) is 0 Å². The summed E-state index contributed by atoms with van der Waals surface area (Å²) >= 11 is 0. The van der Waals surface area contributed by atoms with Crippen molar-refractivity contribution >= 4 is 169 Å². The van der Waals surface area contributed by atoms with Crippen LogP contribution in [-0.2, 0) is 57.5 Å². The topological polar surface area (TPSA) is 570 Å². The second-order valence-corrected chi connectivity index (χ2v) is 28.4. The average Bonchev–Trinajstić information content (AvgIpc) is 0.707. The summed E-state index contributed by atoms with van der Waals surface area (Å²) in [6.07, 6.45) is -16.5. The van der Waals surface area contributed by atoms with E-state index in [0.717, 1.165) is 0 Å². The van der Waals surface area contributed by atoms with Gasteiger partial charge in [0.05, 0.1) is 166 Å². The molecule has 36 nitrogen and oxygen atoms in total. The number of nitrogens with two attached hydrogens (primary N) is 6. The molecule has 0 bridgehead atoms. The van der Waals surface area contributed by atoms with Gasteiger partial charge in [-0.25, -0.2) is 29.9 Å². The Labute approximate surface area is 769 Å². The van der Waals surface area contributed by atoms with Crippen molar-refractivity contribution < 1.29 is 111 Å². The van der Waals surface area contributed by atoms with Crippen LogP contribution in [0.25, 0.3) is 65.4 Å². The van der Waals surface area contributed by atoms with Gasteiger partial charge in [-0.3, -0.25) is 114 Å². The molecule has 6 aliphatic rings. The first-order valence-electron chi connectivity index (χ1n) is 56.8. The molecule has 6 aromatic heterocycles. The van der Waals surface area contributed by atoms with Crippen LogP contribution in [0.1, 0.15) is 240 Å². The first kappa shape index (κ1) is 51.2. The van der Waals surface area contributed by atoms with Crippen LogP contribution < -0.4 is 67.8 Å². The molecule has 12 N–H and O–H groups in total. The molecule has 18 rings (SSSR count). The second-order valence-electron chi connectivity index (χ2n) is 28.4. The normalized spacial score (nSPS) is 26.2. The van der Waals surface area contributed by atoms with Crippen molar-refractivity contribution in [2.45, 2.75) is 193 Å². The minimum absolute atomic E-state index is 0.00977. The number of nitrogens with zero attached hydrogens (tertiary/aromatic N) is 12. The summed E-state index contributed by atoms with van der Waals surface area (Å²) in [4.78, 5) is 246. The Morgan fingerprint density at radius 1 is 0.286 bits per heavy atom. The van der Waals surface area contributed by atoms with Crippen LogP contribution >= 0.6 is 0 Å². The first-order valence-corrected chi connectivity index (χ1v) is 37.3. The molecule has 6 aromatic carbocycles. The van der Waals surface area contributed by atoms with E-state index < -0.39 is 424 Å². The van der Waals surface area contributed by atoms with Gasteiger partial charge < -0.3 is 34.4 Å². The maximum Gasteiger partial charge on any atom is 0.264 e. The standard InChI is InChI=1S/6C15H15N3O3/c6*1-8-17-11-4-2-3-10(16)14(11)15(21)18(8)12-6-5-9(19)7-13(12)20/h6*2-4,12H,5-7,16H2,1H3/t4*12-;;/m1100../s1/i2D,3D,4D,5D2,6D2;1D3,2D,3D,4D;2D,3D,4D,5D2,6D2;1D3,2D,3D,4D;1D3,2D,3D,4D,12D;1D3,2D,3D,4D. The van der Waals surface area contributed by atoms with E-state index in [-0.39, 0.29) is 101 Å². The van der Waals surface area contributed by atoms with E-state index in [0.29, 0.717) is 27.4 Å². The molecule has 6 aliphatic carbocycles. The van der Waals surface area contributed by atoms with Crippen LogP contribution in [0.2, 0.25) is 0 Å². The molecule has 12 aromatic rings. The maximum atomic E-state index is 13.2. The molecule has 0 saturated heterocycles. The number of carbonyl (C=O) groups is 12. The zero-order chi connectivity index (χ0) is 125. The van der Waals surface area contributed by atoms with Crippen molar-refractivity contribution in [1.82, 2.24) is 57.3 Å². The van der Waals surface area contributed by atoms with Crippen molar-refractivity contribution in [1.29, 1.82) is 0 Å². The largest absolute Gasteiger partial charge is 0.398 e. The lowest BCUT2D eigenvalue weighted by molar-refractivity contribution is -0.133. The van der Waals surface area contributed by atoms with E-state index in [1.807, 2.05) is 0 Å². The molecule has 6 fully saturated rings. The molecule has 6 atom stereocenters. The molecule has 648 valence electrons. The van der Waals surface area contributed by atoms with Gasteiger partial charge in [-0.15, -0.1) is 0 Å². The number of anilines is 6. The summed E-state index contributed by atoms with van der Waals surface area (Å²) in [6.45, 7) is -9.20. The van der Waals surface area contributed by atoms with Crippen LogP contribution in [-0.4, -0.2) is 127 Å². The number of nitrogen functional groups attached to an aromatic ring is 6. The number of fused-ring (bicyclic) bond motifs is 6. The second kappa shape index (κ2) is 36.6. The van der Waals surface area contributed by atoms with Crippen LogP contribution in [0, 0.1) is 41.3 Å². The molecule has 2 unspecified atom stereocenters. The SMILES string of the molecule is [2H]c1c([2H])c(N)c2c(=O)n(C3([2H])CCC(=O)CC3=O)c(C([2H])([2H])[2H])nc2c1[2H].[2H]c1c([2H])c(N)c2c(=O)n(C3CCC(=O)CC3=O)c(C([2H])([2H])[2H])nc2c1[2H].[2H]c1c([2H])c(N)c2c(=O)n([C@@H]3C(=O)CC(=O)C([2H])([2H])C3([2H])[2H])c(C)nc2c1[2H].[2H]c1c([2H])c(N)c2c(=O)n([C@@H]3CCC(=O)CC3=O)c(C([2H])([2H])[2H])nc2c1[2H].[2H]c1c([2H])c(N)c2c(=O)n([C@H]3C(=O)CC(=O)C([2H])([2H])C3([2H])[2H])c(C)nc2c1[2H].[2H]c1c([2H])c(N)c2c(=O)n([C@H]3CCC(=O)CC3=O)c(C([2H])([2H])[2H])nc2c1[2H]. The van der Waals surface area contributed by atoms with Crippen LogP contribution in [0.15, 0.2) is 138 Å². The molecular formula is C90H90N18O18. The van der Waals surface area contributed by atoms with E-state index in [1.165, 1.54) is 13.8 Å². The third kappa shape index (κ3) is 17.8. The fourth-order valence-corrected chi connectivity index (χ4v) is 14.3. The number of hydrogen-bond acceptors (Lipinski definition) is 30. The zero-order valence-electron chi connectivity index (χ0n) is 104. The Balaban J connectivity index is 0.000000163. The average molecular weight is 1750 g/mol. The van der Waals surface area contributed by atoms with Gasteiger partial charge in [-0.05, 0) is 152 Å². The van der Waals surface area contributed by atoms with Crippen molar-refractivity contribution in [2.75, 3.05) is 34.4 Å². The molecule has 0 radical (unpaired) electrons. The van der Waals surface area contributed by atoms with Gasteiger partial charge in [-0.1, -0.05) is 36.3 Å². The molecule has 0 spiro atoms. The molecule has 36 heteroatoms. The Morgan fingerprint density at radius 2 is 0.492 bits per heavy atom. The van der Waals surface area contributed by atoms with E-state index in [9.17, 15) is 86.3 Å². The Hall–Kier alpha value is -15.0. The minimum Gasteiger partial charge on any atom is -0.398 e. The van der Waals surface area contributed by atoms with E-state index in [4.69, 9.17) is 87.9 Å². The summed E-state index contributed by atoms with van der Waals surface area (Å²) < 4.78 is 309. The molecule has 6 heterocycles. The first-order chi connectivity index (χ1) is 75.6. The number of carbonyl (C=O) groups excluding carboxylic acids is 12. The van der Waals surface area contributed by atoms with Crippen molar-refractivity contribution in [2.24, 2.45) is 0 Å². The number of aryl methyl sites for hydroxylation is 6. The number of ketones is 12. The van der Waals surface area contributed by atoms with Crippen molar-refractivity contribution in [3.05, 3.63) is 206 Å². The summed E-state index contributed by atoms with van der Waals surface area (Å²) in [5.41, 5.74) is 23.6. The van der Waals surface area contributed by atoms with Crippen molar-refractivity contribution in [3.63, 3.8) is 0 Å². The van der Waals surface area contributed by atoms with Gasteiger partial charge in [0.2, 0.25) is 0 Å². The lowest BCUT2D eigenvalue weighted by atomic mass is 9.92. The summed E-state index contributed by atoms with van der Waals surface area (Å²) in [7, 11) is 0. The van der Waals surface area contributed by atoms with Gasteiger partial charge in [0.15, 0.2) is 34.7 Å². The van der Waals surface area contributed by atoms with E-state index >= 15 is 0 Å². The maximum absolute atomic E-state index is 13.2. The predicted molar refractivity (Wildman–Crippen MR) is 468 cm³/mol. The van der Waals surface area contributed by atoms with Gasteiger partial charge in [0.25, 0.3) is 33.4 Å². The Morgan fingerprint density at radius 3 is 0.738 bits per heavy atom. The summed E-state index contributed by atoms with van der Waals surface area (Å²) in [6, 6.07) is -20.3. The molecule has 126 heavy (non-hydrogen) atoms. The molecule has 0 aliphatic heterocycles. The number of rotatable bonds is 6. The fourth-order valence-electron chi connectivity index (χ4n) is 14.3. The fraction of sp³-hybridized carbons (Fsp3) is 0.333. The minimum atomic E-state index is -3.05. The molecular weight excluding hydrogens is 1620 g/mol. The number of Topliss-reactive ketones (excluding diaryl/α,β-unsaturated/α-hetero) is 12. The lowest BCUT2D eigenvalue weighted by Crippen LogP contribution is -2.36. The number of benzene rings is 6. The molecule has 6 saturated carbocycles. The predicted octanol–water partition coefficient (Wildman–Crippen LogP) is 6.90. The smallest absolute Gasteiger partial charge is 0.264 e. The van der Waals surface area contributed by atoms with E-state index in [2.05, 4.69) is 29.9 Å². The highest BCUT2D eigenvalue weighted by atomic mass is 16.2. The Bertz CT molecular complexity index is 8640. The highest BCUT2D eigenvalue weighted by Crippen LogP contribution is 2.33. The van der Waals surface area contributed by atoms with Crippen LogP contribution in [0.3, 0.4) is 0 Å². The van der Waals surface area contributed by atoms with Gasteiger partial charge >= 0.3 is 0 Å². The van der Waals surface area contributed by atoms with Crippen LogP contribution in [0.5, 0.6) is 0 Å². The molecule has 0 amide bonds. The quantitative estimate of drug-likeness (QED) is 0.0727. The Kier molecular flexibility index (Phi) is 14.9. The third-order valence-electron chi connectivity index (χ3n) is 20.2. The van der Waals surface area contributed by atoms with Crippen molar-refractivity contribution in [3.8, 4) is 0 Å².